The number of nitrogens with zero attached hydrogens (tertiary/aromatic N) is 3. The van der Waals surface area contributed by atoms with E-state index in [9.17, 15) is 9.59 Å². The molecule has 0 aliphatic rings. The molecule has 3 aromatic rings. The minimum Gasteiger partial charge on any atom is -0.321 e. The van der Waals surface area contributed by atoms with Crippen LogP contribution in [0.5, 0.6) is 0 Å². The minimum atomic E-state index is -0.239. The molecule has 2 heterocycles. The summed E-state index contributed by atoms with van der Waals surface area (Å²) in [6.45, 7) is 5.58. The van der Waals surface area contributed by atoms with Gasteiger partial charge in [-0.3, -0.25) is 14.2 Å². The zero-order valence-corrected chi connectivity index (χ0v) is 14.6. The number of hydrogen-bond acceptors (Lipinski definition) is 4. The fraction of sp³-hybridized carbons (Fsp3) is 0.235. The number of aryl methyl sites for hydroxylation is 2. The van der Waals surface area contributed by atoms with Gasteiger partial charge >= 0.3 is 4.87 Å². The van der Waals surface area contributed by atoms with Gasteiger partial charge in [-0.15, -0.1) is 0 Å². The number of thiazole rings is 1. The summed E-state index contributed by atoms with van der Waals surface area (Å²) in [6, 6.07) is 9.74. The van der Waals surface area contributed by atoms with Crippen molar-refractivity contribution in [2.45, 2.75) is 27.3 Å². The number of carbonyl (C=O) groups is 1. The molecule has 0 saturated heterocycles. The summed E-state index contributed by atoms with van der Waals surface area (Å²) in [6.07, 6.45) is 0. The Morgan fingerprint density at radius 1 is 1.21 bits per heavy atom. The van der Waals surface area contributed by atoms with Gasteiger partial charge in [0.2, 0.25) is 5.91 Å². The summed E-state index contributed by atoms with van der Waals surface area (Å²) in [5.74, 6) is -0.239. The number of rotatable bonds is 4. The third kappa shape index (κ3) is 3.03. The Bertz CT molecular complexity index is 937. The second-order valence-electron chi connectivity index (χ2n) is 5.57. The van der Waals surface area contributed by atoms with Crippen LogP contribution >= 0.6 is 11.3 Å². The molecule has 1 amide bonds. The van der Waals surface area contributed by atoms with Crippen LogP contribution in [0.3, 0.4) is 0 Å². The van der Waals surface area contributed by atoms with E-state index in [4.69, 9.17) is 0 Å². The Balaban J connectivity index is 1.84. The first-order chi connectivity index (χ1) is 11.5. The number of hydrogen-bond donors (Lipinski definition) is 1. The van der Waals surface area contributed by atoms with Gasteiger partial charge in [-0.2, -0.15) is 5.10 Å². The number of nitrogens with one attached hydrogen (secondary N) is 1. The Morgan fingerprint density at radius 2 is 1.92 bits per heavy atom. The highest BCUT2D eigenvalue weighted by atomic mass is 32.1. The molecule has 0 aliphatic heterocycles. The highest BCUT2D eigenvalue weighted by molar-refractivity contribution is 7.07. The molecule has 1 aromatic carbocycles. The van der Waals surface area contributed by atoms with Gasteiger partial charge < -0.3 is 5.32 Å². The van der Waals surface area contributed by atoms with Gasteiger partial charge in [-0.1, -0.05) is 29.5 Å². The van der Waals surface area contributed by atoms with Crippen molar-refractivity contribution in [1.82, 2.24) is 14.3 Å². The van der Waals surface area contributed by atoms with Crippen LogP contribution in [0, 0.1) is 20.8 Å². The van der Waals surface area contributed by atoms with Crippen LogP contribution in [0.4, 0.5) is 5.69 Å². The van der Waals surface area contributed by atoms with Gasteiger partial charge in [0.25, 0.3) is 0 Å². The first-order valence-corrected chi connectivity index (χ1v) is 8.41. The Kier molecular flexibility index (Phi) is 4.35. The van der Waals surface area contributed by atoms with Crippen LogP contribution in [0.25, 0.3) is 5.69 Å². The number of carbonyl (C=O) groups excluding carboxylic acids is 1. The molecular formula is C17H18N4O2S. The molecule has 0 atom stereocenters. The van der Waals surface area contributed by atoms with Crippen molar-refractivity contribution in [3.05, 3.63) is 62.5 Å². The highest BCUT2D eigenvalue weighted by Gasteiger charge is 2.16. The molecular weight excluding hydrogens is 324 g/mol. The standard InChI is InChI=1S/C17H18N4O2S/c1-11-10-24-17(23)20(11)9-15(22)18-16-12(2)19-21(13(16)3)14-7-5-4-6-8-14/h4-8,10H,9H2,1-3H3,(H,18,22). The lowest BCUT2D eigenvalue weighted by Crippen LogP contribution is -2.25. The summed E-state index contributed by atoms with van der Waals surface area (Å²) >= 11 is 1.10. The molecule has 3 rings (SSSR count). The predicted molar refractivity (Wildman–Crippen MR) is 95.0 cm³/mol. The van der Waals surface area contributed by atoms with Gasteiger partial charge in [0.15, 0.2) is 0 Å². The zero-order chi connectivity index (χ0) is 17.3. The van der Waals surface area contributed by atoms with Crippen molar-refractivity contribution in [3.8, 4) is 5.69 Å². The average Bonchev–Trinajstić information content (AvgIpc) is 3.03. The van der Waals surface area contributed by atoms with E-state index in [0.717, 1.165) is 34.1 Å². The van der Waals surface area contributed by atoms with Crippen LogP contribution in [-0.4, -0.2) is 20.3 Å². The minimum absolute atomic E-state index is 0.00354. The number of anilines is 1. The van der Waals surface area contributed by atoms with Crippen molar-refractivity contribution >= 4 is 22.9 Å². The molecule has 0 radical (unpaired) electrons. The molecule has 0 fully saturated rings. The quantitative estimate of drug-likeness (QED) is 0.792. The normalized spacial score (nSPS) is 10.8. The van der Waals surface area contributed by atoms with Gasteiger partial charge in [0.1, 0.15) is 6.54 Å². The van der Waals surface area contributed by atoms with E-state index in [1.54, 1.807) is 10.1 Å². The van der Waals surface area contributed by atoms with E-state index in [0.29, 0.717) is 5.69 Å². The Hall–Kier alpha value is -2.67. The van der Waals surface area contributed by atoms with Gasteiger partial charge in [-0.25, -0.2) is 4.68 Å². The SMILES string of the molecule is Cc1nn(-c2ccccc2)c(C)c1NC(=O)Cn1c(C)csc1=O. The number of amides is 1. The molecule has 124 valence electrons. The fourth-order valence-corrected chi connectivity index (χ4v) is 3.30. The molecule has 0 saturated carbocycles. The van der Waals surface area contributed by atoms with Crippen LogP contribution in [0.2, 0.25) is 0 Å². The average molecular weight is 342 g/mol. The van der Waals surface area contributed by atoms with Crippen LogP contribution in [0.1, 0.15) is 17.1 Å². The molecule has 0 spiro atoms. The third-order valence-electron chi connectivity index (χ3n) is 3.83. The van der Waals surface area contributed by atoms with E-state index in [-0.39, 0.29) is 17.3 Å². The van der Waals surface area contributed by atoms with Gasteiger partial charge in [-0.05, 0) is 32.9 Å². The number of benzene rings is 1. The smallest absolute Gasteiger partial charge is 0.307 e. The molecule has 6 nitrogen and oxygen atoms in total. The summed E-state index contributed by atoms with van der Waals surface area (Å²) in [4.78, 5) is 23.9. The lowest BCUT2D eigenvalue weighted by Gasteiger charge is -2.08. The van der Waals surface area contributed by atoms with E-state index in [1.165, 1.54) is 4.57 Å². The summed E-state index contributed by atoms with van der Waals surface area (Å²) < 4.78 is 3.26. The number of aromatic nitrogens is 3. The Labute approximate surface area is 143 Å². The highest BCUT2D eigenvalue weighted by Crippen LogP contribution is 2.22. The van der Waals surface area contributed by atoms with Crippen molar-refractivity contribution in [2.24, 2.45) is 0 Å². The zero-order valence-electron chi connectivity index (χ0n) is 13.7. The van der Waals surface area contributed by atoms with Crippen LogP contribution < -0.4 is 10.2 Å². The van der Waals surface area contributed by atoms with Crippen molar-refractivity contribution in [3.63, 3.8) is 0 Å². The molecule has 7 heteroatoms. The summed E-state index contributed by atoms with van der Waals surface area (Å²) in [5.41, 5.74) is 3.99. The van der Waals surface area contributed by atoms with Crippen LogP contribution in [0.15, 0.2) is 40.5 Å². The second-order valence-corrected chi connectivity index (χ2v) is 6.39. The predicted octanol–water partition coefficient (Wildman–Crippen LogP) is 2.66. The maximum Gasteiger partial charge on any atom is 0.307 e. The summed E-state index contributed by atoms with van der Waals surface area (Å²) in [5, 5.41) is 9.13. The molecule has 0 bridgehead atoms. The van der Waals surface area contributed by atoms with Gasteiger partial charge in [0.05, 0.1) is 22.8 Å². The molecule has 2 aromatic heterocycles. The second kappa shape index (κ2) is 6.45. The van der Waals surface area contributed by atoms with Crippen molar-refractivity contribution in [2.75, 3.05) is 5.32 Å². The van der Waals surface area contributed by atoms with Crippen LogP contribution in [-0.2, 0) is 11.3 Å². The molecule has 0 aliphatic carbocycles. The monoisotopic (exact) mass is 342 g/mol. The van der Waals surface area contributed by atoms with Crippen molar-refractivity contribution in [1.29, 1.82) is 0 Å². The van der Waals surface area contributed by atoms with Crippen molar-refractivity contribution < 1.29 is 4.79 Å². The number of para-hydroxylation sites is 1. The third-order valence-corrected chi connectivity index (χ3v) is 4.72. The van der Waals surface area contributed by atoms with E-state index < -0.39 is 0 Å². The first kappa shape index (κ1) is 16.2. The first-order valence-electron chi connectivity index (χ1n) is 7.54. The van der Waals surface area contributed by atoms with E-state index in [1.807, 2.05) is 51.1 Å². The maximum absolute atomic E-state index is 12.3. The molecule has 24 heavy (non-hydrogen) atoms. The lowest BCUT2D eigenvalue weighted by atomic mass is 10.3. The molecule has 1 N–H and O–H groups in total. The van der Waals surface area contributed by atoms with E-state index >= 15 is 0 Å². The topological polar surface area (TPSA) is 68.9 Å². The molecule has 0 unspecified atom stereocenters. The largest absolute Gasteiger partial charge is 0.321 e. The maximum atomic E-state index is 12.3. The summed E-state index contributed by atoms with van der Waals surface area (Å²) in [7, 11) is 0. The van der Waals surface area contributed by atoms with E-state index in [2.05, 4.69) is 10.4 Å². The van der Waals surface area contributed by atoms with Gasteiger partial charge in [0, 0.05) is 11.1 Å². The fourth-order valence-electron chi connectivity index (χ4n) is 2.56. The lowest BCUT2D eigenvalue weighted by molar-refractivity contribution is -0.116. The Morgan fingerprint density at radius 3 is 2.54 bits per heavy atom.